The molecule has 4 nitrogen and oxygen atoms in total. The Hall–Kier alpha value is -0.610. The minimum Gasteiger partial charge on any atom is -0.370 e. The van der Waals surface area contributed by atoms with Crippen LogP contribution in [0.15, 0.2) is 0 Å². The molecule has 2 N–H and O–H groups in total. The number of amides is 1. The molecule has 0 aromatic carbocycles. The molecule has 0 bridgehead atoms. The summed E-state index contributed by atoms with van der Waals surface area (Å²) in [4.78, 5) is 13.5. The SMILES string of the molecule is CCCC1CCN(C(=O)COCCN)C1. The van der Waals surface area contributed by atoms with E-state index >= 15 is 0 Å². The average molecular weight is 214 g/mol. The molecule has 4 heteroatoms. The monoisotopic (exact) mass is 214 g/mol. The first-order valence-electron chi connectivity index (χ1n) is 5.83. The highest BCUT2D eigenvalue weighted by molar-refractivity contribution is 5.77. The maximum absolute atomic E-state index is 11.6. The Kier molecular flexibility index (Phi) is 5.65. The van der Waals surface area contributed by atoms with Crippen LogP contribution in [0, 0.1) is 5.92 Å². The summed E-state index contributed by atoms with van der Waals surface area (Å²) in [7, 11) is 0. The minimum absolute atomic E-state index is 0.113. The van der Waals surface area contributed by atoms with Gasteiger partial charge in [-0.25, -0.2) is 0 Å². The first-order valence-corrected chi connectivity index (χ1v) is 5.83. The molecule has 1 amide bonds. The molecule has 1 fully saturated rings. The number of nitrogens with zero attached hydrogens (tertiary/aromatic N) is 1. The third-order valence-electron chi connectivity index (χ3n) is 2.82. The van der Waals surface area contributed by atoms with Crippen LogP contribution in [0.3, 0.4) is 0 Å². The van der Waals surface area contributed by atoms with E-state index in [1.165, 1.54) is 12.8 Å². The maximum atomic E-state index is 11.6. The van der Waals surface area contributed by atoms with Crippen LogP contribution < -0.4 is 5.73 Å². The van der Waals surface area contributed by atoms with Gasteiger partial charge in [-0.15, -0.1) is 0 Å². The third kappa shape index (κ3) is 4.18. The molecule has 1 atom stereocenters. The highest BCUT2D eigenvalue weighted by Gasteiger charge is 2.25. The molecule has 88 valence electrons. The van der Waals surface area contributed by atoms with Crippen LogP contribution in [0.4, 0.5) is 0 Å². The van der Waals surface area contributed by atoms with Gasteiger partial charge in [0.25, 0.3) is 0 Å². The summed E-state index contributed by atoms with van der Waals surface area (Å²) in [5, 5.41) is 0. The molecule has 0 aromatic heterocycles. The highest BCUT2D eigenvalue weighted by Crippen LogP contribution is 2.20. The molecule has 1 aliphatic rings. The highest BCUT2D eigenvalue weighted by atomic mass is 16.5. The van der Waals surface area contributed by atoms with Crippen molar-refractivity contribution >= 4 is 5.91 Å². The fourth-order valence-corrected chi connectivity index (χ4v) is 2.04. The zero-order valence-corrected chi connectivity index (χ0v) is 9.58. The summed E-state index contributed by atoms with van der Waals surface area (Å²) >= 11 is 0. The van der Waals surface area contributed by atoms with Crippen LogP contribution >= 0.6 is 0 Å². The van der Waals surface area contributed by atoms with Gasteiger partial charge in [0.1, 0.15) is 6.61 Å². The van der Waals surface area contributed by atoms with Crippen molar-refractivity contribution in [1.82, 2.24) is 4.90 Å². The van der Waals surface area contributed by atoms with E-state index in [0.717, 1.165) is 19.5 Å². The number of rotatable bonds is 6. The van der Waals surface area contributed by atoms with Crippen LogP contribution in [0.2, 0.25) is 0 Å². The number of carbonyl (C=O) groups is 1. The normalized spacial score (nSPS) is 20.9. The molecule has 0 aliphatic carbocycles. The molecule has 1 heterocycles. The number of hydrogen-bond donors (Lipinski definition) is 1. The summed E-state index contributed by atoms with van der Waals surface area (Å²) in [5.74, 6) is 0.815. The quantitative estimate of drug-likeness (QED) is 0.659. The largest absolute Gasteiger partial charge is 0.370 e. The van der Waals surface area contributed by atoms with Gasteiger partial charge >= 0.3 is 0 Å². The lowest BCUT2D eigenvalue weighted by Crippen LogP contribution is -2.32. The summed E-state index contributed by atoms with van der Waals surface area (Å²) in [5.41, 5.74) is 5.28. The molecule has 0 spiro atoms. The van der Waals surface area contributed by atoms with E-state index in [4.69, 9.17) is 10.5 Å². The summed E-state index contributed by atoms with van der Waals surface area (Å²) in [6.45, 7) is 5.14. The van der Waals surface area contributed by atoms with Crippen molar-refractivity contribution in [3.63, 3.8) is 0 Å². The van der Waals surface area contributed by atoms with Crippen LogP contribution in [-0.4, -0.2) is 43.7 Å². The van der Waals surface area contributed by atoms with Gasteiger partial charge < -0.3 is 15.4 Å². The molecule has 1 saturated heterocycles. The molecule has 1 aliphatic heterocycles. The van der Waals surface area contributed by atoms with Gasteiger partial charge in [-0.2, -0.15) is 0 Å². The Bertz CT molecular complexity index is 197. The third-order valence-corrected chi connectivity index (χ3v) is 2.82. The van der Waals surface area contributed by atoms with Crippen molar-refractivity contribution in [2.75, 3.05) is 32.8 Å². The van der Waals surface area contributed by atoms with Crippen molar-refractivity contribution in [2.45, 2.75) is 26.2 Å². The average Bonchev–Trinajstić information content (AvgIpc) is 2.67. The molecule has 1 rings (SSSR count). The lowest BCUT2D eigenvalue weighted by atomic mass is 10.0. The van der Waals surface area contributed by atoms with E-state index in [1.54, 1.807) is 0 Å². The van der Waals surface area contributed by atoms with Crippen LogP contribution in [0.5, 0.6) is 0 Å². The Morgan fingerprint density at radius 1 is 1.60 bits per heavy atom. The van der Waals surface area contributed by atoms with E-state index in [9.17, 15) is 4.79 Å². The number of hydrogen-bond acceptors (Lipinski definition) is 3. The Morgan fingerprint density at radius 3 is 3.07 bits per heavy atom. The Labute approximate surface area is 91.8 Å². The molecule has 0 radical (unpaired) electrons. The lowest BCUT2D eigenvalue weighted by Gasteiger charge is -2.16. The second kappa shape index (κ2) is 6.80. The van der Waals surface area contributed by atoms with Crippen molar-refractivity contribution in [2.24, 2.45) is 11.7 Å². The molecular weight excluding hydrogens is 192 g/mol. The smallest absolute Gasteiger partial charge is 0.248 e. The van der Waals surface area contributed by atoms with Crippen molar-refractivity contribution in [3.8, 4) is 0 Å². The van der Waals surface area contributed by atoms with Gasteiger partial charge in [0.2, 0.25) is 5.91 Å². The van der Waals surface area contributed by atoms with Crippen molar-refractivity contribution in [1.29, 1.82) is 0 Å². The summed E-state index contributed by atoms with van der Waals surface area (Å²) in [6, 6.07) is 0. The van der Waals surface area contributed by atoms with Gasteiger partial charge in [-0.05, 0) is 18.8 Å². The number of carbonyl (C=O) groups excluding carboxylic acids is 1. The zero-order chi connectivity index (χ0) is 11.1. The molecular formula is C11H22N2O2. The molecule has 1 unspecified atom stereocenters. The fraction of sp³-hybridized carbons (Fsp3) is 0.909. The van der Waals surface area contributed by atoms with Gasteiger partial charge in [-0.1, -0.05) is 13.3 Å². The van der Waals surface area contributed by atoms with Gasteiger partial charge in [0, 0.05) is 19.6 Å². The minimum atomic E-state index is 0.113. The lowest BCUT2D eigenvalue weighted by molar-refractivity contribution is -0.135. The van der Waals surface area contributed by atoms with E-state index in [2.05, 4.69) is 6.92 Å². The predicted octanol–water partition coefficient (Wildman–Crippen LogP) is 0.610. The van der Waals surface area contributed by atoms with E-state index in [0.29, 0.717) is 19.1 Å². The Morgan fingerprint density at radius 2 is 2.40 bits per heavy atom. The first kappa shape index (κ1) is 12.5. The standard InChI is InChI=1S/C11H22N2O2/c1-2-3-10-4-6-13(8-10)11(14)9-15-7-5-12/h10H,2-9,12H2,1H3. The van der Waals surface area contributed by atoms with E-state index in [1.807, 2.05) is 4.90 Å². The molecule has 0 saturated carbocycles. The van der Waals surface area contributed by atoms with Gasteiger partial charge in [-0.3, -0.25) is 4.79 Å². The second-order valence-corrected chi connectivity index (χ2v) is 4.12. The zero-order valence-electron chi connectivity index (χ0n) is 9.58. The van der Waals surface area contributed by atoms with Crippen molar-refractivity contribution in [3.05, 3.63) is 0 Å². The number of nitrogens with two attached hydrogens (primary N) is 1. The Balaban J connectivity index is 2.18. The maximum Gasteiger partial charge on any atom is 0.248 e. The van der Waals surface area contributed by atoms with Crippen LogP contribution in [0.25, 0.3) is 0 Å². The second-order valence-electron chi connectivity index (χ2n) is 4.12. The van der Waals surface area contributed by atoms with Crippen molar-refractivity contribution < 1.29 is 9.53 Å². The number of likely N-dealkylation sites (tertiary alicyclic amines) is 1. The molecule has 15 heavy (non-hydrogen) atoms. The van der Waals surface area contributed by atoms with E-state index < -0.39 is 0 Å². The fourth-order valence-electron chi connectivity index (χ4n) is 2.04. The summed E-state index contributed by atoms with van der Waals surface area (Å²) < 4.78 is 5.14. The van der Waals surface area contributed by atoms with Crippen LogP contribution in [-0.2, 0) is 9.53 Å². The van der Waals surface area contributed by atoms with Gasteiger partial charge in [0.05, 0.1) is 6.61 Å². The van der Waals surface area contributed by atoms with Crippen LogP contribution in [0.1, 0.15) is 26.2 Å². The predicted molar refractivity (Wildman–Crippen MR) is 59.5 cm³/mol. The first-order chi connectivity index (χ1) is 7.27. The molecule has 0 aromatic rings. The van der Waals surface area contributed by atoms with Gasteiger partial charge in [0.15, 0.2) is 0 Å². The number of ether oxygens (including phenoxy) is 1. The van der Waals surface area contributed by atoms with E-state index in [-0.39, 0.29) is 12.5 Å². The topological polar surface area (TPSA) is 55.6 Å². The summed E-state index contributed by atoms with van der Waals surface area (Å²) in [6.07, 6.45) is 3.58.